The van der Waals surface area contributed by atoms with E-state index in [0.717, 1.165) is 59.6 Å². The van der Waals surface area contributed by atoms with Crippen LogP contribution in [0.1, 0.15) is 70.6 Å². The van der Waals surface area contributed by atoms with Gasteiger partial charge in [0, 0.05) is 41.3 Å². The van der Waals surface area contributed by atoms with Gasteiger partial charge in [-0.05, 0) is 62.8 Å². The van der Waals surface area contributed by atoms with Crippen molar-refractivity contribution in [3.63, 3.8) is 0 Å². The molecule has 2 heterocycles. The molecule has 0 spiro atoms. The van der Waals surface area contributed by atoms with Gasteiger partial charge in [-0.2, -0.15) is 0 Å². The average Bonchev–Trinajstić information content (AvgIpc) is 3.31. The highest BCUT2D eigenvalue weighted by atomic mass is 32.2. The molecule has 0 bridgehead atoms. The van der Waals surface area contributed by atoms with E-state index in [-0.39, 0.29) is 0 Å². The van der Waals surface area contributed by atoms with Crippen molar-refractivity contribution >= 4 is 21.4 Å². The minimum atomic E-state index is -3.64. The highest BCUT2D eigenvalue weighted by molar-refractivity contribution is 7.91. The number of imidazole rings is 1. The van der Waals surface area contributed by atoms with Gasteiger partial charge in [-0.1, -0.05) is 45.4 Å². The Labute approximate surface area is 203 Å². The second-order valence-electron chi connectivity index (χ2n) is 10.1. The lowest BCUT2D eigenvalue weighted by molar-refractivity contribution is 0.493. The first-order chi connectivity index (χ1) is 15.5. The van der Waals surface area contributed by atoms with Crippen LogP contribution in [0.3, 0.4) is 0 Å². The smallest absolute Gasteiger partial charge is 0.251 e. The van der Waals surface area contributed by atoms with Crippen LogP contribution in [-0.2, 0) is 29.4 Å². The van der Waals surface area contributed by atoms with Gasteiger partial charge in [-0.3, -0.25) is 0 Å². The summed E-state index contributed by atoms with van der Waals surface area (Å²) in [4.78, 5) is 5.61. The van der Waals surface area contributed by atoms with Gasteiger partial charge in [0.15, 0.2) is 0 Å². The number of thiophene rings is 1. The molecule has 180 valence electrons. The fraction of sp³-hybridized carbons (Fsp3) is 0.500. The third-order valence-corrected chi connectivity index (χ3v) is 8.64. The zero-order valence-corrected chi connectivity index (χ0v) is 22.3. The maximum atomic E-state index is 13.3. The molecule has 0 radical (unpaired) electrons. The maximum Gasteiger partial charge on any atom is 0.251 e. The Kier molecular flexibility index (Phi) is 8.19. The Bertz CT molecular complexity index is 1170. The molecule has 1 N–H and O–H groups in total. The molecule has 33 heavy (non-hydrogen) atoms. The first kappa shape index (κ1) is 25.7. The fourth-order valence-corrected chi connectivity index (χ4v) is 7.23. The predicted molar refractivity (Wildman–Crippen MR) is 138 cm³/mol. The maximum absolute atomic E-state index is 13.3. The number of nitrogens with one attached hydrogen (secondary N) is 1. The van der Waals surface area contributed by atoms with Crippen molar-refractivity contribution in [1.82, 2.24) is 14.3 Å². The number of rotatable bonds is 10. The fourth-order valence-electron chi connectivity index (χ4n) is 3.86. The first-order valence-corrected chi connectivity index (χ1v) is 14.0. The average molecular weight is 488 g/mol. The summed E-state index contributed by atoms with van der Waals surface area (Å²) in [6.45, 7) is 12.8. The molecule has 0 saturated heterocycles. The SMILES string of the molecule is CCCCc1nccn1Cc1cccc(-c2cc(CC(C)C)sc2S(=O)(=O)NC(C)(C)C)c1. The van der Waals surface area contributed by atoms with Crippen molar-refractivity contribution in [2.75, 3.05) is 0 Å². The van der Waals surface area contributed by atoms with Crippen molar-refractivity contribution in [2.45, 2.75) is 83.5 Å². The number of hydrogen-bond acceptors (Lipinski definition) is 4. The summed E-state index contributed by atoms with van der Waals surface area (Å²) in [7, 11) is -3.64. The van der Waals surface area contributed by atoms with E-state index in [1.807, 2.05) is 45.3 Å². The Morgan fingerprint density at radius 2 is 1.94 bits per heavy atom. The van der Waals surface area contributed by atoms with Gasteiger partial charge in [0.05, 0.1) is 0 Å². The van der Waals surface area contributed by atoms with Crippen LogP contribution in [0.4, 0.5) is 0 Å². The summed E-state index contributed by atoms with van der Waals surface area (Å²) in [6, 6.07) is 10.3. The second-order valence-corrected chi connectivity index (χ2v) is 13.2. The highest BCUT2D eigenvalue weighted by Crippen LogP contribution is 2.37. The van der Waals surface area contributed by atoms with E-state index in [1.165, 1.54) is 11.3 Å². The monoisotopic (exact) mass is 487 g/mol. The van der Waals surface area contributed by atoms with E-state index >= 15 is 0 Å². The summed E-state index contributed by atoms with van der Waals surface area (Å²) in [5.41, 5.74) is 2.30. The number of aromatic nitrogens is 2. The Morgan fingerprint density at radius 1 is 1.18 bits per heavy atom. The molecule has 0 saturated carbocycles. The Balaban J connectivity index is 1.99. The molecule has 0 amide bonds. The second kappa shape index (κ2) is 10.5. The van der Waals surface area contributed by atoms with Crippen LogP contribution in [0.5, 0.6) is 0 Å². The summed E-state index contributed by atoms with van der Waals surface area (Å²) < 4.78 is 32.1. The van der Waals surface area contributed by atoms with Crippen molar-refractivity contribution in [3.05, 3.63) is 59.0 Å². The zero-order chi connectivity index (χ0) is 24.2. The van der Waals surface area contributed by atoms with E-state index < -0.39 is 15.6 Å². The molecule has 0 fully saturated rings. The molecule has 1 aromatic carbocycles. The first-order valence-electron chi connectivity index (χ1n) is 11.7. The van der Waals surface area contributed by atoms with E-state index in [4.69, 9.17) is 0 Å². The topological polar surface area (TPSA) is 64.0 Å². The van der Waals surface area contributed by atoms with Gasteiger partial charge in [0.2, 0.25) is 0 Å². The standard InChI is InChI=1S/C26H37N3O2S2/c1-7-8-12-24-27-13-14-29(24)18-20-10-9-11-21(16-20)23-17-22(15-19(2)3)32-25(23)33(30,31)28-26(4,5)6/h9-11,13-14,16-17,19,28H,7-8,12,15,18H2,1-6H3. The molecular formula is C26H37N3O2S2. The minimum absolute atomic E-state index is 0.400. The molecular weight excluding hydrogens is 450 g/mol. The van der Waals surface area contributed by atoms with E-state index in [0.29, 0.717) is 10.1 Å². The quantitative estimate of drug-likeness (QED) is 0.366. The van der Waals surface area contributed by atoms with Crippen LogP contribution < -0.4 is 4.72 Å². The molecule has 0 unspecified atom stereocenters. The van der Waals surface area contributed by atoms with Crippen LogP contribution in [-0.4, -0.2) is 23.5 Å². The van der Waals surface area contributed by atoms with Gasteiger partial charge in [-0.25, -0.2) is 18.1 Å². The van der Waals surface area contributed by atoms with Crippen LogP contribution in [0.25, 0.3) is 11.1 Å². The van der Waals surface area contributed by atoms with Crippen LogP contribution in [0, 0.1) is 5.92 Å². The highest BCUT2D eigenvalue weighted by Gasteiger charge is 2.28. The molecule has 3 aromatic rings. The van der Waals surface area contributed by atoms with Crippen molar-refractivity contribution in [1.29, 1.82) is 0 Å². The van der Waals surface area contributed by atoms with Crippen molar-refractivity contribution in [3.8, 4) is 11.1 Å². The van der Waals surface area contributed by atoms with Gasteiger partial charge in [0.1, 0.15) is 10.0 Å². The number of aryl methyl sites for hydroxylation is 1. The Morgan fingerprint density at radius 3 is 2.61 bits per heavy atom. The lowest BCUT2D eigenvalue weighted by atomic mass is 10.0. The normalized spacial score (nSPS) is 12.6. The van der Waals surface area contributed by atoms with E-state index in [1.54, 1.807) is 0 Å². The molecule has 2 aromatic heterocycles. The predicted octanol–water partition coefficient (Wildman–Crippen LogP) is 6.28. The number of unbranched alkanes of at least 4 members (excludes halogenated alkanes) is 1. The van der Waals surface area contributed by atoms with Crippen molar-refractivity contribution < 1.29 is 8.42 Å². The summed E-state index contributed by atoms with van der Waals surface area (Å²) in [5, 5.41) is 0. The van der Waals surface area contributed by atoms with Gasteiger partial charge in [0.25, 0.3) is 10.0 Å². The van der Waals surface area contributed by atoms with E-state index in [2.05, 4.69) is 53.2 Å². The largest absolute Gasteiger partial charge is 0.331 e. The number of nitrogens with zero attached hydrogens (tertiary/aromatic N) is 2. The lowest BCUT2D eigenvalue weighted by Gasteiger charge is -2.20. The summed E-state index contributed by atoms with van der Waals surface area (Å²) in [6.07, 6.45) is 7.96. The van der Waals surface area contributed by atoms with E-state index in [9.17, 15) is 8.42 Å². The number of sulfonamides is 1. The summed E-state index contributed by atoms with van der Waals surface area (Å²) in [5.74, 6) is 1.55. The van der Waals surface area contributed by atoms with Crippen LogP contribution >= 0.6 is 11.3 Å². The molecule has 3 rings (SSSR count). The Hall–Kier alpha value is -1.96. The van der Waals surface area contributed by atoms with Gasteiger partial charge in [-0.15, -0.1) is 11.3 Å². The van der Waals surface area contributed by atoms with Crippen molar-refractivity contribution in [2.24, 2.45) is 5.92 Å². The van der Waals surface area contributed by atoms with Gasteiger partial charge >= 0.3 is 0 Å². The molecule has 0 aliphatic carbocycles. The summed E-state index contributed by atoms with van der Waals surface area (Å²) >= 11 is 1.39. The molecule has 0 aliphatic heterocycles. The van der Waals surface area contributed by atoms with Gasteiger partial charge < -0.3 is 4.57 Å². The lowest BCUT2D eigenvalue weighted by Crippen LogP contribution is -2.40. The van der Waals surface area contributed by atoms with Crippen LogP contribution in [0.2, 0.25) is 0 Å². The molecule has 0 aliphatic rings. The molecule has 5 nitrogen and oxygen atoms in total. The minimum Gasteiger partial charge on any atom is -0.331 e. The molecule has 7 heteroatoms. The third-order valence-electron chi connectivity index (χ3n) is 5.19. The van der Waals surface area contributed by atoms with Crippen LogP contribution in [0.15, 0.2) is 46.9 Å². The zero-order valence-electron chi connectivity index (χ0n) is 20.7. The molecule has 0 atom stereocenters. The number of benzene rings is 1. The third kappa shape index (κ3) is 7.01. The number of hydrogen-bond donors (Lipinski definition) is 1.